The van der Waals surface area contributed by atoms with Crippen molar-refractivity contribution in [3.63, 3.8) is 0 Å². The molecule has 1 fully saturated rings. The first-order chi connectivity index (χ1) is 8.66. The quantitative estimate of drug-likeness (QED) is 0.883. The number of benzene rings is 1. The van der Waals surface area contributed by atoms with Crippen LogP contribution in [0.1, 0.15) is 31.2 Å². The third-order valence-corrected chi connectivity index (χ3v) is 3.89. The van der Waals surface area contributed by atoms with Gasteiger partial charge in [0.15, 0.2) is 0 Å². The summed E-state index contributed by atoms with van der Waals surface area (Å²) in [6, 6.07) is 10.6. The summed E-state index contributed by atoms with van der Waals surface area (Å²) in [5.74, 6) is 0.496. The lowest BCUT2D eigenvalue weighted by Crippen LogP contribution is -2.40. The van der Waals surface area contributed by atoms with Gasteiger partial charge in [-0.05, 0) is 37.4 Å². The van der Waals surface area contributed by atoms with Crippen LogP contribution >= 0.6 is 0 Å². The van der Waals surface area contributed by atoms with Gasteiger partial charge in [-0.15, -0.1) is 0 Å². The van der Waals surface area contributed by atoms with E-state index in [9.17, 15) is 4.79 Å². The molecule has 0 saturated carbocycles. The number of amides is 1. The maximum atomic E-state index is 11.1. The van der Waals surface area contributed by atoms with E-state index in [4.69, 9.17) is 5.73 Å². The van der Waals surface area contributed by atoms with Crippen molar-refractivity contribution in [2.24, 2.45) is 11.7 Å². The number of rotatable bonds is 4. The third-order valence-electron chi connectivity index (χ3n) is 3.89. The molecule has 98 valence electrons. The third kappa shape index (κ3) is 3.33. The van der Waals surface area contributed by atoms with Crippen molar-refractivity contribution in [3.8, 4) is 0 Å². The van der Waals surface area contributed by atoms with Crippen molar-refractivity contribution >= 4 is 5.91 Å². The highest BCUT2D eigenvalue weighted by molar-refractivity contribution is 5.76. The summed E-state index contributed by atoms with van der Waals surface area (Å²) >= 11 is 0. The van der Waals surface area contributed by atoms with E-state index in [2.05, 4.69) is 42.2 Å². The summed E-state index contributed by atoms with van der Waals surface area (Å²) in [7, 11) is 0. The van der Waals surface area contributed by atoms with Gasteiger partial charge in [-0.3, -0.25) is 4.79 Å². The number of carbonyl (C=O) groups excluding carboxylic acids is 1. The topological polar surface area (TPSA) is 46.3 Å². The first-order valence-electron chi connectivity index (χ1n) is 6.73. The molecule has 1 heterocycles. The molecular weight excluding hydrogens is 224 g/mol. The van der Waals surface area contributed by atoms with Gasteiger partial charge >= 0.3 is 0 Å². The van der Waals surface area contributed by atoms with Crippen LogP contribution in [0.25, 0.3) is 0 Å². The Morgan fingerprint density at radius 1 is 1.33 bits per heavy atom. The number of carbonyl (C=O) groups is 1. The number of primary amides is 1. The zero-order chi connectivity index (χ0) is 13.0. The second-order valence-electron chi connectivity index (χ2n) is 5.29. The number of hydrogen-bond donors (Lipinski definition) is 1. The number of piperidine rings is 1. The van der Waals surface area contributed by atoms with Gasteiger partial charge in [-0.2, -0.15) is 0 Å². The van der Waals surface area contributed by atoms with Crippen molar-refractivity contribution in [1.82, 2.24) is 4.90 Å². The Hall–Kier alpha value is -1.35. The molecule has 1 aromatic rings. The van der Waals surface area contributed by atoms with Gasteiger partial charge in [-0.25, -0.2) is 0 Å². The Kier molecular flexibility index (Phi) is 4.37. The Morgan fingerprint density at radius 3 is 2.50 bits per heavy atom. The summed E-state index contributed by atoms with van der Waals surface area (Å²) < 4.78 is 0. The molecule has 2 rings (SSSR count). The van der Waals surface area contributed by atoms with Crippen molar-refractivity contribution < 1.29 is 4.79 Å². The summed E-state index contributed by atoms with van der Waals surface area (Å²) in [5.41, 5.74) is 6.73. The second-order valence-corrected chi connectivity index (χ2v) is 5.29. The SMILES string of the molecule is C[C@@H](CN1CCC(C(N)=O)CC1)c1ccccc1. The maximum absolute atomic E-state index is 11.1. The lowest BCUT2D eigenvalue weighted by atomic mass is 9.94. The van der Waals surface area contributed by atoms with Gasteiger partial charge in [0.1, 0.15) is 0 Å². The molecule has 1 aliphatic rings. The fourth-order valence-electron chi connectivity index (χ4n) is 2.67. The molecule has 1 saturated heterocycles. The second kappa shape index (κ2) is 6.01. The Balaban J connectivity index is 1.83. The summed E-state index contributed by atoms with van der Waals surface area (Å²) in [6.07, 6.45) is 1.83. The minimum atomic E-state index is -0.134. The van der Waals surface area contributed by atoms with Crippen LogP contribution in [0.4, 0.5) is 0 Å². The van der Waals surface area contributed by atoms with Gasteiger partial charge in [-0.1, -0.05) is 37.3 Å². The fraction of sp³-hybridized carbons (Fsp3) is 0.533. The molecule has 0 aliphatic carbocycles. The standard InChI is InChI=1S/C15H22N2O/c1-12(13-5-3-2-4-6-13)11-17-9-7-14(8-10-17)15(16)18/h2-6,12,14H,7-11H2,1H3,(H2,16,18)/t12-/m0/s1. The van der Waals surface area contributed by atoms with E-state index in [1.165, 1.54) is 5.56 Å². The molecule has 2 N–H and O–H groups in total. The average molecular weight is 246 g/mol. The van der Waals surface area contributed by atoms with Crippen LogP contribution in [0, 0.1) is 5.92 Å². The van der Waals surface area contributed by atoms with Gasteiger partial charge in [0, 0.05) is 12.5 Å². The molecule has 0 bridgehead atoms. The van der Waals surface area contributed by atoms with Crippen LogP contribution < -0.4 is 5.73 Å². The van der Waals surface area contributed by atoms with Gasteiger partial charge < -0.3 is 10.6 Å². The molecule has 0 unspecified atom stereocenters. The molecule has 1 aromatic carbocycles. The number of nitrogens with two attached hydrogens (primary N) is 1. The number of likely N-dealkylation sites (tertiary alicyclic amines) is 1. The smallest absolute Gasteiger partial charge is 0.220 e. The molecule has 1 atom stereocenters. The van der Waals surface area contributed by atoms with E-state index in [1.807, 2.05) is 0 Å². The molecule has 3 heteroatoms. The normalized spacial score (nSPS) is 19.6. The monoisotopic (exact) mass is 246 g/mol. The Bertz CT molecular complexity index is 383. The highest BCUT2D eigenvalue weighted by Crippen LogP contribution is 2.21. The van der Waals surface area contributed by atoms with Crippen LogP contribution in [-0.4, -0.2) is 30.4 Å². The predicted octanol–water partition coefficient (Wildman–Crippen LogP) is 1.99. The molecular formula is C15H22N2O. The van der Waals surface area contributed by atoms with E-state index in [0.717, 1.165) is 32.5 Å². The van der Waals surface area contributed by atoms with Gasteiger partial charge in [0.25, 0.3) is 0 Å². The lowest BCUT2D eigenvalue weighted by Gasteiger charge is -2.32. The van der Waals surface area contributed by atoms with Gasteiger partial charge in [0.2, 0.25) is 5.91 Å². The van der Waals surface area contributed by atoms with Crippen molar-refractivity contribution in [2.75, 3.05) is 19.6 Å². The van der Waals surface area contributed by atoms with Crippen LogP contribution in [0.2, 0.25) is 0 Å². The minimum absolute atomic E-state index is 0.0910. The minimum Gasteiger partial charge on any atom is -0.369 e. The van der Waals surface area contributed by atoms with E-state index in [0.29, 0.717) is 5.92 Å². The zero-order valence-electron chi connectivity index (χ0n) is 11.0. The van der Waals surface area contributed by atoms with Crippen LogP contribution in [0.5, 0.6) is 0 Å². The number of nitrogens with zero attached hydrogens (tertiary/aromatic N) is 1. The predicted molar refractivity (Wildman–Crippen MR) is 73.2 cm³/mol. The summed E-state index contributed by atoms with van der Waals surface area (Å²) in [5, 5.41) is 0. The number of hydrogen-bond acceptors (Lipinski definition) is 2. The first-order valence-corrected chi connectivity index (χ1v) is 6.73. The zero-order valence-corrected chi connectivity index (χ0v) is 11.0. The molecule has 1 aliphatic heterocycles. The van der Waals surface area contributed by atoms with Crippen LogP contribution in [-0.2, 0) is 4.79 Å². The molecule has 18 heavy (non-hydrogen) atoms. The van der Waals surface area contributed by atoms with E-state index < -0.39 is 0 Å². The lowest BCUT2D eigenvalue weighted by molar-refractivity contribution is -0.123. The van der Waals surface area contributed by atoms with Crippen molar-refractivity contribution in [1.29, 1.82) is 0 Å². The molecule has 3 nitrogen and oxygen atoms in total. The van der Waals surface area contributed by atoms with E-state index in [-0.39, 0.29) is 11.8 Å². The highest BCUT2D eigenvalue weighted by atomic mass is 16.1. The highest BCUT2D eigenvalue weighted by Gasteiger charge is 2.23. The van der Waals surface area contributed by atoms with Gasteiger partial charge in [0.05, 0.1) is 0 Å². The Labute approximate surface area is 109 Å². The largest absolute Gasteiger partial charge is 0.369 e. The van der Waals surface area contributed by atoms with Crippen molar-refractivity contribution in [3.05, 3.63) is 35.9 Å². The van der Waals surface area contributed by atoms with E-state index >= 15 is 0 Å². The average Bonchev–Trinajstić information content (AvgIpc) is 2.40. The van der Waals surface area contributed by atoms with Crippen LogP contribution in [0.3, 0.4) is 0 Å². The van der Waals surface area contributed by atoms with Crippen LogP contribution in [0.15, 0.2) is 30.3 Å². The summed E-state index contributed by atoms with van der Waals surface area (Å²) in [6.45, 7) is 5.31. The summed E-state index contributed by atoms with van der Waals surface area (Å²) in [4.78, 5) is 13.5. The maximum Gasteiger partial charge on any atom is 0.220 e. The first kappa shape index (κ1) is 13.1. The van der Waals surface area contributed by atoms with Crippen molar-refractivity contribution in [2.45, 2.75) is 25.7 Å². The molecule has 0 spiro atoms. The molecule has 0 radical (unpaired) electrons. The fourth-order valence-corrected chi connectivity index (χ4v) is 2.67. The van der Waals surface area contributed by atoms with E-state index in [1.54, 1.807) is 0 Å². The molecule has 0 aromatic heterocycles. The Morgan fingerprint density at radius 2 is 1.94 bits per heavy atom. The molecule has 1 amide bonds.